The van der Waals surface area contributed by atoms with Gasteiger partial charge in [0.15, 0.2) is 0 Å². The maximum atomic E-state index is 11.6. The number of anilines is 1. The molecule has 1 heterocycles. The predicted octanol–water partition coefficient (Wildman–Crippen LogP) is 4.06. The molecule has 3 rings (SSSR count). The Balaban J connectivity index is 2.46. The summed E-state index contributed by atoms with van der Waals surface area (Å²) in [5.41, 5.74) is 10.6. The monoisotopic (exact) mass is 336 g/mol. The van der Waals surface area contributed by atoms with Gasteiger partial charge in [0.2, 0.25) is 0 Å². The zero-order valence-electron chi connectivity index (χ0n) is 14.5. The average molecular weight is 336 g/mol. The second-order valence-corrected chi connectivity index (χ2v) is 5.87. The molecule has 128 valence electrons. The van der Waals surface area contributed by atoms with Crippen molar-refractivity contribution in [1.29, 1.82) is 0 Å². The summed E-state index contributed by atoms with van der Waals surface area (Å²) in [5.74, 6) is -0.337. The molecule has 5 heteroatoms. The number of aromatic carboxylic acids is 1. The van der Waals surface area contributed by atoms with Crippen LogP contribution in [0.3, 0.4) is 0 Å². The molecular weight excluding hydrogens is 316 g/mol. The lowest BCUT2D eigenvalue weighted by Crippen LogP contribution is -2.09. The lowest BCUT2D eigenvalue weighted by Gasteiger charge is -2.17. The number of carboxylic acid groups (broad SMARTS) is 1. The molecule has 0 amide bonds. The third-order valence-electron chi connectivity index (χ3n) is 4.41. The van der Waals surface area contributed by atoms with Gasteiger partial charge in [0.25, 0.3) is 0 Å². The molecule has 0 radical (unpaired) electrons. The fourth-order valence-electron chi connectivity index (χ4n) is 3.23. The Hall–Kier alpha value is -3.08. The number of rotatable bonds is 4. The van der Waals surface area contributed by atoms with Crippen LogP contribution in [0, 0.1) is 6.92 Å². The number of nitrogen functional groups attached to an aromatic ring is 1. The van der Waals surface area contributed by atoms with Crippen molar-refractivity contribution in [2.75, 3.05) is 12.8 Å². The van der Waals surface area contributed by atoms with Gasteiger partial charge < -0.3 is 15.6 Å². The van der Waals surface area contributed by atoms with Crippen LogP contribution >= 0.6 is 0 Å². The smallest absolute Gasteiger partial charge is 0.339 e. The highest BCUT2D eigenvalue weighted by molar-refractivity contribution is 6.10. The minimum absolute atomic E-state index is 0.0601. The van der Waals surface area contributed by atoms with Crippen molar-refractivity contribution in [3.8, 4) is 16.9 Å². The van der Waals surface area contributed by atoms with Crippen LogP contribution in [-0.4, -0.2) is 23.2 Å². The molecule has 0 spiro atoms. The van der Waals surface area contributed by atoms with E-state index < -0.39 is 5.97 Å². The number of hydrogen-bond donors (Lipinski definition) is 2. The van der Waals surface area contributed by atoms with Crippen LogP contribution < -0.4 is 10.5 Å². The molecule has 2 aromatic carbocycles. The first-order valence-corrected chi connectivity index (χ1v) is 8.07. The Kier molecular flexibility index (Phi) is 4.31. The fourth-order valence-corrected chi connectivity index (χ4v) is 3.23. The van der Waals surface area contributed by atoms with E-state index in [4.69, 9.17) is 10.5 Å². The Morgan fingerprint density at radius 3 is 2.68 bits per heavy atom. The van der Waals surface area contributed by atoms with E-state index in [0.29, 0.717) is 16.6 Å². The van der Waals surface area contributed by atoms with E-state index in [1.165, 1.54) is 0 Å². The number of nitrogens with zero attached hydrogens (tertiary/aromatic N) is 1. The molecule has 1 aromatic heterocycles. The van der Waals surface area contributed by atoms with Gasteiger partial charge in [0, 0.05) is 5.39 Å². The molecule has 25 heavy (non-hydrogen) atoms. The summed E-state index contributed by atoms with van der Waals surface area (Å²) in [6.45, 7) is 3.72. The summed E-state index contributed by atoms with van der Waals surface area (Å²) in [7, 11) is 1.62. The summed E-state index contributed by atoms with van der Waals surface area (Å²) in [6, 6.07) is 11.6. The standard InChI is InChI=1S/C20H20N2O3/c1-4-12-8-9-15-18(19(21)16(20(23)24)11(2)22-15)17(12)13-6-5-7-14(10-13)25-3/h5-10H,4H2,1-3H3,(H2,21,22)(H,23,24). The predicted molar refractivity (Wildman–Crippen MR) is 99.2 cm³/mol. The van der Waals surface area contributed by atoms with Crippen molar-refractivity contribution in [3.05, 3.63) is 53.2 Å². The minimum Gasteiger partial charge on any atom is -0.497 e. The van der Waals surface area contributed by atoms with Crippen molar-refractivity contribution in [2.24, 2.45) is 0 Å². The molecule has 0 aliphatic heterocycles. The molecule has 0 atom stereocenters. The molecule has 3 N–H and O–H groups in total. The highest BCUT2D eigenvalue weighted by atomic mass is 16.5. The number of ether oxygens (including phenoxy) is 1. The van der Waals surface area contributed by atoms with E-state index in [1.54, 1.807) is 14.0 Å². The quantitative estimate of drug-likeness (QED) is 0.750. The Labute approximate surface area is 146 Å². The van der Waals surface area contributed by atoms with Crippen LogP contribution in [0.1, 0.15) is 28.5 Å². The zero-order chi connectivity index (χ0) is 18.1. The first-order chi connectivity index (χ1) is 12.0. The van der Waals surface area contributed by atoms with Crippen LogP contribution in [0.2, 0.25) is 0 Å². The van der Waals surface area contributed by atoms with E-state index in [1.807, 2.05) is 36.4 Å². The SMILES string of the molecule is CCc1ccc2nc(C)c(C(=O)O)c(N)c2c1-c1cccc(OC)c1. The molecular formula is C20H20N2O3. The number of carboxylic acids is 1. The van der Waals surface area contributed by atoms with Crippen LogP contribution in [0.15, 0.2) is 36.4 Å². The Bertz CT molecular complexity index is 980. The highest BCUT2D eigenvalue weighted by Gasteiger charge is 2.20. The van der Waals surface area contributed by atoms with Crippen LogP contribution in [0.4, 0.5) is 5.69 Å². The van der Waals surface area contributed by atoms with E-state index in [9.17, 15) is 9.90 Å². The molecule has 0 unspecified atom stereocenters. The number of methoxy groups -OCH3 is 1. The van der Waals surface area contributed by atoms with E-state index >= 15 is 0 Å². The molecule has 0 bridgehead atoms. The number of carbonyl (C=O) groups is 1. The van der Waals surface area contributed by atoms with Gasteiger partial charge >= 0.3 is 5.97 Å². The van der Waals surface area contributed by atoms with Crippen LogP contribution in [0.25, 0.3) is 22.0 Å². The minimum atomic E-state index is -1.07. The maximum absolute atomic E-state index is 11.6. The van der Waals surface area contributed by atoms with Gasteiger partial charge in [-0.1, -0.05) is 25.1 Å². The summed E-state index contributed by atoms with van der Waals surface area (Å²) in [4.78, 5) is 16.1. The normalized spacial score (nSPS) is 10.8. The van der Waals surface area contributed by atoms with Crippen molar-refractivity contribution in [2.45, 2.75) is 20.3 Å². The fraction of sp³-hybridized carbons (Fsp3) is 0.200. The number of hydrogen-bond acceptors (Lipinski definition) is 4. The number of aryl methyl sites for hydroxylation is 2. The summed E-state index contributed by atoms with van der Waals surface area (Å²) in [5, 5.41) is 10.2. The third-order valence-corrected chi connectivity index (χ3v) is 4.41. The van der Waals surface area contributed by atoms with Gasteiger partial charge in [0.1, 0.15) is 11.3 Å². The van der Waals surface area contributed by atoms with E-state index in [2.05, 4.69) is 11.9 Å². The Morgan fingerprint density at radius 2 is 2.04 bits per heavy atom. The second-order valence-electron chi connectivity index (χ2n) is 5.87. The summed E-state index contributed by atoms with van der Waals surface area (Å²) < 4.78 is 5.33. The first kappa shape index (κ1) is 16.8. The first-order valence-electron chi connectivity index (χ1n) is 8.07. The molecule has 3 aromatic rings. The molecule has 0 aliphatic rings. The van der Waals surface area contributed by atoms with Crippen LogP contribution in [-0.2, 0) is 6.42 Å². The molecule has 0 fully saturated rings. The van der Waals surface area contributed by atoms with Gasteiger partial charge in [0.05, 0.1) is 24.0 Å². The molecule has 5 nitrogen and oxygen atoms in total. The lowest BCUT2D eigenvalue weighted by atomic mass is 9.91. The Morgan fingerprint density at radius 1 is 1.28 bits per heavy atom. The average Bonchev–Trinajstić information content (AvgIpc) is 2.60. The maximum Gasteiger partial charge on any atom is 0.339 e. The largest absolute Gasteiger partial charge is 0.497 e. The highest BCUT2D eigenvalue weighted by Crippen LogP contribution is 2.38. The van der Waals surface area contributed by atoms with Gasteiger partial charge in [-0.2, -0.15) is 0 Å². The van der Waals surface area contributed by atoms with Crippen molar-refractivity contribution < 1.29 is 14.6 Å². The molecule has 0 saturated heterocycles. The third kappa shape index (κ3) is 2.78. The topological polar surface area (TPSA) is 85.4 Å². The number of aromatic nitrogens is 1. The van der Waals surface area contributed by atoms with Gasteiger partial charge in [-0.05, 0) is 48.2 Å². The number of benzene rings is 2. The summed E-state index contributed by atoms with van der Waals surface area (Å²) in [6.07, 6.45) is 0.790. The number of fused-ring (bicyclic) bond motifs is 1. The van der Waals surface area contributed by atoms with Crippen molar-refractivity contribution >= 4 is 22.6 Å². The number of nitrogens with two attached hydrogens (primary N) is 1. The summed E-state index contributed by atoms with van der Waals surface area (Å²) >= 11 is 0. The number of pyridine rings is 1. The van der Waals surface area contributed by atoms with Crippen LogP contribution in [0.5, 0.6) is 5.75 Å². The van der Waals surface area contributed by atoms with E-state index in [-0.39, 0.29) is 11.3 Å². The van der Waals surface area contributed by atoms with Crippen molar-refractivity contribution in [1.82, 2.24) is 4.98 Å². The van der Waals surface area contributed by atoms with Crippen molar-refractivity contribution in [3.63, 3.8) is 0 Å². The molecule has 0 saturated carbocycles. The second kappa shape index (κ2) is 6.43. The van der Waals surface area contributed by atoms with Gasteiger partial charge in [-0.15, -0.1) is 0 Å². The van der Waals surface area contributed by atoms with Gasteiger partial charge in [-0.25, -0.2) is 4.79 Å². The lowest BCUT2D eigenvalue weighted by molar-refractivity contribution is 0.0697. The molecule has 0 aliphatic carbocycles. The van der Waals surface area contributed by atoms with E-state index in [0.717, 1.165) is 28.9 Å². The van der Waals surface area contributed by atoms with Gasteiger partial charge in [-0.3, -0.25) is 4.98 Å². The zero-order valence-corrected chi connectivity index (χ0v) is 14.5.